The molecule has 1 saturated heterocycles. The van der Waals surface area contributed by atoms with Gasteiger partial charge in [-0.2, -0.15) is 0 Å². The fraction of sp³-hybridized carbons (Fsp3) is 0.538. The first-order chi connectivity index (χ1) is 7.36. The molecule has 15 heavy (non-hydrogen) atoms. The van der Waals surface area contributed by atoms with E-state index < -0.39 is 0 Å². The Balaban J connectivity index is 1.84. The van der Waals surface area contributed by atoms with Crippen LogP contribution < -0.4 is 10.6 Å². The highest BCUT2D eigenvalue weighted by Crippen LogP contribution is 2.16. The van der Waals surface area contributed by atoms with E-state index in [4.69, 9.17) is 0 Å². The van der Waals surface area contributed by atoms with Crippen LogP contribution in [0.4, 0.5) is 5.69 Å². The van der Waals surface area contributed by atoms with Gasteiger partial charge in [-0.3, -0.25) is 0 Å². The first-order valence-corrected chi connectivity index (χ1v) is 5.86. The van der Waals surface area contributed by atoms with Crippen molar-refractivity contribution in [2.75, 3.05) is 25.0 Å². The Bertz CT molecular complexity index is 303. The lowest BCUT2D eigenvalue weighted by Crippen LogP contribution is -2.31. The highest BCUT2D eigenvalue weighted by Gasteiger charge is 2.12. The quantitative estimate of drug-likeness (QED) is 0.790. The minimum atomic E-state index is 0.839. The van der Waals surface area contributed by atoms with E-state index in [0.29, 0.717) is 0 Å². The topological polar surface area (TPSA) is 24.1 Å². The summed E-state index contributed by atoms with van der Waals surface area (Å²) in [6.45, 7) is 5.64. The Morgan fingerprint density at radius 2 is 2.00 bits per heavy atom. The van der Waals surface area contributed by atoms with Crippen LogP contribution in [0.25, 0.3) is 0 Å². The third-order valence-corrected chi connectivity index (χ3v) is 3.18. The van der Waals surface area contributed by atoms with Crippen LogP contribution in [-0.2, 0) is 0 Å². The fourth-order valence-electron chi connectivity index (χ4n) is 2.11. The van der Waals surface area contributed by atoms with Crippen LogP contribution in [-0.4, -0.2) is 19.6 Å². The van der Waals surface area contributed by atoms with Gasteiger partial charge in [-0.05, 0) is 50.4 Å². The van der Waals surface area contributed by atoms with E-state index in [0.717, 1.165) is 12.5 Å². The van der Waals surface area contributed by atoms with Crippen LogP contribution in [0.5, 0.6) is 0 Å². The number of aryl methyl sites for hydroxylation is 1. The lowest BCUT2D eigenvalue weighted by molar-refractivity contribution is 0.390. The van der Waals surface area contributed by atoms with Crippen molar-refractivity contribution in [2.24, 2.45) is 5.92 Å². The zero-order valence-electron chi connectivity index (χ0n) is 9.42. The molecule has 0 atom stereocenters. The largest absolute Gasteiger partial charge is 0.385 e. The number of nitrogens with one attached hydrogen (secondary N) is 2. The number of hydrogen-bond donors (Lipinski definition) is 2. The smallest absolute Gasteiger partial charge is 0.0369 e. The highest BCUT2D eigenvalue weighted by molar-refractivity contribution is 5.50. The van der Waals surface area contributed by atoms with Crippen LogP contribution in [0, 0.1) is 12.8 Å². The molecular weight excluding hydrogens is 184 g/mol. The van der Waals surface area contributed by atoms with Gasteiger partial charge < -0.3 is 10.6 Å². The standard InChI is InChI=1S/C13H20N2/c1-11-4-2-3-5-13(11)15-10-12-6-8-14-9-7-12/h2-5,12,14-15H,6-10H2,1H3. The van der Waals surface area contributed by atoms with Gasteiger partial charge in [-0.15, -0.1) is 0 Å². The Hall–Kier alpha value is -1.02. The van der Waals surface area contributed by atoms with Crippen molar-refractivity contribution in [1.82, 2.24) is 5.32 Å². The molecule has 0 amide bonds. The summed E-state index contributed by atoms with van der Waals surface area (Å²) in [4.78, 5) is 0. The van der Waals surface area contributed by atoms with Crippen LogP contribution in [0.1, 0.15) is 18.4 Å². The third-order valence-electron chi connectivity index (χ3n) is 3.18. The lowest BCUT2D eigenvalue weighted by Gasteiger charge is -2.23. The molecule has 1 aliphatic heterocycles. The van der Waals surface area contributed by atoms with E-state index in [1.807, 2.05) is 0 Å². The van der Waals surface area contributed by atoms with Gasteiger partial charge >= 0.3 is 0 Å². The zero-order chi connectivity index (χ0) is 10.5. The van der Waals surface area contributed by atoms with Gasteiger partial charge in [-0.25, -0.2) is 0 Å². The predicted molar refractivity (Wildman–Crippen MR) is 65.3 cm³/mol. The average Bonchev–Trinajstić information content (AvgIpc) is 2.29. The summed E-state index contributed by atoms with van der Waals surface area (Å²) < 4.78 is 0. The molecule has 2 N–H and O–H groups in total. The normalized spacial score (nSPS) is 17.7. The second kappa shape index (κ2) is 5.17. The summed E-state index contributed by atoms with van der Waals surface area (Å²) in [7, 11) is 0. The fourth-order valence-corrected chi connectivity index (χ4v) is 2.11. The first-order valence-electron chi connectivity index (χ1n) is 5.86. The summed E-state index contributed by atoms with van der Waals surface area (Å²) >= 11 is 0. The van der Waals surface area contributed by atoms with E-state index in [2.05, 4.69) is 41.8 Å². The number of piperidine rings is 1. The van der Waals surface area contributed by atoms with Gasteiger partial charge in [0.15, 0.2) is 0 Å². The Labute approximate surface area is 92.1 Å². The molecule has 0 spiro atoms. The summed E-state index contributed by atoms with van der Waals surface area (Å²) in [6.07, 6.45) is 2.61. The van der Waals surface area contributed by atoms with E-state index in [1.165, 1.54) is 37.2 Å². The minimum absolute atomic E-state index is 0.839. The molecule has 1 aromatic carbocycles. The summed E-state index contributed by atoms with van der Waals surface area (Å²) in [5.41, 5.74) is 2.63. The van der Waals surface area contributed by atoms with Gasteiger partial charge in [0, 0.05) is 12.2 Å². The molecule has 0 aromatic heterocycles. The number of anilines is 1. The molecule has 0 bridgehead atoms. The van der Waals surface area contributed by atoms with E-state index in [1.54, 1.807) is 0 Å². The highest BCUT2D eigenvalue weighted by atomic mass is 14.9. The maximum absolute atomic E-state index is 3.55. The van der Waals surface area contributed by atoms with E-state index >= 15 is 0 Å². The zero-order valence-corrected chi connectivity index (χ0v) is 9.42. The minimum Gasteiger partial charge on any atom is -0.385 e. The molecule has 0 radical (unpaired) electrons. The molecule has 0 saturated carbocycles. The molecule has 0 unspecified atom stereocenters. The SMILES string of the molecule is Cc1ccccc1NCC1CCNCC1. The Kier molecular flexibility index (Phi) is 3.62. The van der Waals surface area contributed by atoms with Crippen molar-refractivity contribution in [1.29, 1.82) is 0 Å². The summed E-state index contributed by atoms with van der Waals surface area (Å²) in [5, 5.41) is 6.95. The summed E-state index contributed by atoms with van der Waals surface area (Å²) in [6, 6.07) is 8.50. The van der Waals surface area contributed by atoms with Crippen molar-refractivity contribution in [3.63, 3.8) is 0 Å². The van der Waals surface area contributed by atoms with Crippen molar-refractivity contribution in [3.8, 4) is 0 Å². The Morgan fingerprint density at radius 1 is 1.27 bits per heavy atom. The second-order valence-electron chi connectivity index (χ2n) is 4.39. The first kappa shape index (κ1) is 10.5. The third kappa shape index (κ3) is 2.96. The molecule has 1 fully saturated rings. The maximum atomic E-state index is 3.55. The number of para-hydroxylation sites is 1. The maximum Gasteiger partial charge on any atom is 0.0369 e. The predicted octanol–water partition coefficient (Wildman–Crippen LogP) is 2.41. The number of hydrogen-bond acceptors (Lipinski definition) is 2. The van der Waals surface area contributed by atoms with Crippen LogP contribution in [0.3, 0.4) is 0 Å². The number of rotatable bonds is 3. The molecule has 0 aliphatic carbocycles. The van der Waals surface area contributed by atoms with Gasteiger partial charge in [0.05, 0.1) is 0 Å². The van der Waals surface area contributed by atoms with Gasteiger partial charge in [0.1, 0.15) is 0 Å². The van der Waals surface area contributed by atoms with Gasteiger partial charge in [-0.1, -0.05) is 18.2 Å². The molecule has 2 nitrogen and oxygen atoms in total. The number of benzene rings is 1. The summed E-state index contributed by atoms with van der Waals surface area (Å²) in [5.74, 6) is 0.839. The van der Waals surface area contributed by atoms with E-state index in [-0.39, 0.29) is 0 Å². The molecular formula is C13H20N2. The molecule has 2 rings (SSSR count). The van der Waals surface area contributed by atoms with Crippen molar-refractivity contribution < 1.29 is 0 Å². The van der Waals surface area contributed by atoms with Crippen molar-refractivity contribution in [2.45, 2.75) is 19.8 Å². The van der Waals surface area contributed by atoms with Crippen LogP contribution in [0.2, 0.25) is 0 Å². The second-order valence-corrected chi connectivity index (χ2v) is 4.39. The molecule has 1 heterocycles. The molecule has 2 heteroatoms. The lowest BCUT2D eigenvalue weighted by atomic mass is 9.98. The Morgan fingerprint density at radius 3 is 2.73 bits per heavy atom. The molecule has 82 valence electrons. The van der Waals surface area contributed by atoms with Crippen LogP contribution in [0.15, 0.2) is 24.3 Å². The van der Waals surface area contributed by atoms with E-state index in [9.17, 15) is 0 Å². The molecule has 1 aromatic rings. The molecule has 1 aliphatic rings. The van der Waals surface area contributed by atoms with Gasteiger partial charge in [0.2, 0.25) is 0 Å². The average molecular weight is 204 g/mol. The van der Waals surface area contributed by atoms with Crippen molar-refractivity contribution >= 4 is 5.69 Å². The van der Waals surface area contributed by atoms with Gasteiger partial charge in [0.25, 0.3) is 0 Å². The monoisotopic (exact) mass is 204 g/mol. The van der Waals surface area contributed by atoms with Crippen molar-refractivity contribution in [3.05, 3.63) is 29.8 Å². The van der Waals surface area contributed by atoms with Crippen LogP contribution >= 0.6 is 0 Å².